The molecule has 5 nitrogen and oxygen atoms in total. The Kier molecular flexibility index (Phi) is 2.36. The van der Waals surface area contributed by atoms with Crippen molar-refractivity contribution in [1.82, 2.24) is 9.55 Å². The molecule has 1 aliphatic rings. The average molecular weight is 260 g/mol. The van der Waals surface area contributed by atoms with E-state index in [0.717, 1.165) is 6.42 Å². The summed E-state index contributed by atoms with van der Waals surface area (Å²) < 4.78 is 1.65. The molecule has 1 aromatic heterocycles. The van der Waals surface area contributed by atoms with Crippen molar-refractivity contribution in [1.29, 1.82) is 0 Å². The highest BCUT2D eigenvalue weighted by atomic mass is 16.4. The molecule has 2 N–H and O–H groups in total. The number of nitrogens with one attached hydrogen (secondary N) is 1. The number of rotatable bonds is 3. The molecule has 0 radical (unpaired) electrons. The van der Waals surface area contributed by atoms with Gasteiger partial charge >= 0.3 is 11.7 Å². The van der Waals surface area contributed by atoms with Crippen LogP contribution in [-0.4, -0.2) is 20.6 Å². The number of aromatic carboxylic acids is 1. The Bertz CT molecular complexity index is 724. The van der Waals surface area contributed by atoms with Crippen LogP contribution < -0.4 is 5.69 Å². The largest absolute Gasteiger partial charge is 0.478 e. The van der Waals surface area contributed by atoms with Gasteiger partial charge in [-0.15, -0.1) is 0 Å². The zero-order valence-corrected chi connectivity index (χ0v) is 10.9. The lowest BCUT2D eigenvalue weighted by Gasteiger charge is -2.05. The van der Waals surface area contributed by atoms with E-state index >= 15 is 0 Å². The van der Waals surface area contributed by atoms with Crippen LogP contribution in [0.4, 0.5) is 0 Å². The number of hydrogen-bond donors (Lipinski definition) is 2. The van der Waals surface area contributed by atoms with E-state index in [1.807, 2.05) is 0 Å². The number of fused-ring (bicyclic) bond motifs is 1. The second-order valence-electron chi connectivity index (χ2n) is 5.94. The fraction of sp³-hybridized carbons (Fsp3) is 0.429. The number of aromatic amines is 1. The first-order valence-corrected chi connectivity index (χ1v) is 6.35. The molecule has 0 aliphatic heterocycles. The van der Waals surface area contributed by atoms with Crippen molar-refractivity contribution in [2.24, 2.45) is 11.3 Å². The maximum absolute atomic E-state index is 12.0. The minimum absolute atomic E-state index is 0.142. The van der Waals surface area contributed by atoms with Crippen molar-refractivity contribution in [3.63, 3.8) is 0 Å². The van der Waals surface area contributed by atoms with Crippen LogP contribution in [0.2, 0.25) is 0 Å². The van der Waals surface area contributed by atoms with Crippen LogP contribution in [0.15, 0.2) is 23.0 Å². The molecule has 2 aromatic rings. The number of carboxylic acids is 1. The molecular formula is C14H16N2O3. The molecule has 0 spiro atoms. The predicted molar refractivity (Wildman–Crippen MR) is 71.4 cm³/mol. The second kappa shape index (κ2) is 3.73. The van der Waals surface area contributed by atoms with E-state index in [1.54, 1.807) is 16.7 Å². The van der Waals surface area contributed by atoms with Crippen LogP contribution in [0.5, 0.6) is 0 Å². The van der Waals surface area contributed by atoms with Gasteiger partial charge in [0.15, 0.2) is 0 Å². The monoisotopic (exact) mass is 260 g/mol. The van der Waals surface area contributed by atoms with Gasteiger partial charge in [0.25, 0.3) is 0 Å². The number of H-pyrrole nitrogens is 1. The van der Waals surface area contributed by atoms with Crippen LogP contribution in [0, 0.1) is 11.3 Å². The minimum atomic E-state index is -1.02. The van der Waals surface area contributed by atoms with Crippen LogP contribution in [-0.2, 0) is 6.54 Å². The summed E-state index contributed by atoms with van der Waals surface area (Å²) >= 11 is 0. The first-order chi connectivity index (χ1) is 8.90. The van der Waals surface area contributed by atoms with Crippen molar-refractivity contribution in [2.75, 3.05) is 0 Å². The first-order valence-electron chi connectivity index (χ1n) is 6.35. The second-order valence-corrected chi connectivity index (χ2v) is 5.94. The van der Waals surface area contributed by atoms with Gasteiger partial charge in [0, 0.05) is 6.54 Å². The third-order valence-corrected chi connectivity index (χ3v) is 4.16. The Balaban J connectivity index is 2.10. The third-order valence-electron chi connectivity index (χ3n) is 4.16. The highest BCUT2D eigenvalue weighted by Crippen LogP contribution is 2.52. The minimum Gasteiger partial charge on any atom is -0.478 e. The molecule has 1 saturated carbocycles. The molecule has 5 heteroatoms. The number of aromatic nitrogens is 2. The molecule has 100 valence electrons. The van der Waals surface area contributed by atoms with Crippen LogP contribution in [0.1, 0.15) is 30.6 Å². The maximum Gasteiger partial charge on any atom is 0.337 e. The van der Waals surface area contributed by atoms with Gasteiger partial charge in [-0.25, -0.2) is 9.59 Å². The Morgan fingerprint density at radius 3 is 2.79 bits per heavy atom. The number of carboxylic acid groups (broad SMARTS) is 1. The number of para-hydroxylation sites is 1. The van der Waals surface area contributed by atoms with Crippen molar-refractivity contribution >= 4 is 17.0 Å². The molecule has 1 atom stereocenters. The van der Waals surface area contributed by atoms with Gasteiger partial charge in [0.1, 0.15) is 0 Å². The number of nitrogens with zero attached hydrogens (tertiary/aromatic N) is 1. The molecule has 19 heavy (non-hydrogen) atoms. The first kappa shape index (κ1) is 12.0. The zero-order valence-electron chi connectivity index (χ0n) is 10.9. The summed E-state index contributed by atoms with van der Waals surface area (Å²) in [5.41, 5.74) is 1.29. The summed E-state index contributed by atoms with van der Waals surface area (Å²) in [6.45, 7) is 5.01. The molecule has 0 bridgehead atoms. The van der Waals surface area contributed by atoms with Gasteiger partial charge in [-0.3, -0.25) is 4.57 Å². The highest BCUT2D eigenvalue weighted by Gasteiger charge is 2.45. The quantitative estimate of drug-likeness (QED) is 0.887. The van der Waals surface area contributed by atoms with E-state index in [2.05, 4.69) is 18.8 Å². The number of imidazole rings is 1. The van der Waals surface area contributed by atoms with E-state index in [4.69, 9.17) is 5.11 Å². The molecule has 0 amide bonds. The van der Waals surface area contributed by atoms with Gasteiger partial charge in [-0.05, 0) is 29.9 Å². The molecule has 1 aliphatic carbocycles. The Labute approximate surface area is 109 Å². The standard InChI is InChI=1S/C14H16N2O3/c1-14(2)6-8(14)7-16-10-5-3-4-9(12(17)18)11(10)15-13(16)19/h3-5,8H,6-7H2,1-2H3,(H,15,19)(H,17,18). The van der Waals surface area contributed by atoms with Crippen molar-refractivity contribution < 1.29 is 9.90 Å². The summed E-state index contributed by atoms with van der Waals surface area (Å²) in [5, 5.41) is 9.13. The Morgan fingerprint density at radius 1 is 1.53 bits per heavy atom. The van der Waals surface area contributed by atoms with E-state index < -0.39 is 5.97 Å². The molecule has 1 unspecified atom stereocenters. The normalized spacial score (nSPS) is 20.6. The van der Waals surface area contributed by atoms with Crippen LogP contribution >= 0.6 is 0 Å². The summed E-state index contributed by atoms with van der Waals surface area (Å²) in [6, 6.07) is 4.97. The molecule has 3 rings (SSSR count). The third kappa shape index (κ3) is 1.85. The average Bonchev–Trinajstić information content (AvgIpc) is 2.79. The maximum atomic E-state index is 12.0. The Hall–Kier alpha value is -2.04. The van der Waals surface area contributed by atoms with E-state index in [1.165, 1.54) is 6.07 Å². The molecular weight excluding hydrogens is 244 g/mol. The van der Waals surface area contributed by atoms with Crippen LogP contribution in [0.3, 0.4) is 0 Å². The van der Waals surface area contributed by atoms with Crippen molar-refractivity contribution in [2.45, 2.75) is 26.8 Å². The van der Waals surface area contributed by atoms with Gasteiger partial charge in [0.05, 0.1) is 16.6 Å². The summed E-state index contributed by atoms with van der Waals surface area (Å²) in [4.78, 5) is 25.8. The lowest BCUT2D eigenvalue weighted by molar-refractivity contribution is 0.0699. The molecule has 1 fully saturated rings. The van der Waals surface area contributed by atoms with E-state index in [-0.39, 0.29) is 16.7 Å². The number of hydrogen-bond acceptors (Lipinski definition) is 2. The van der Waals surface area contributed by atoms with Crippen molar-refractivity contribution in [3.05, 3.63) is 34.2 Å². The Morgan fingerprint density at radius 2 is 2.21 bits per heavy atom. The highest BCUT2D eigenvalue weighted by molar-refractivity contribution is 6.00. The molecule has 1 heterocycles. The van der Waals surface area contributed by atoms with E-state index in [9.17, 15) is 9.59 Å². The molecule has 0 saturated heterocycles. The zero-order chi connectivity index (χ0) is 13.8. The van der Waals surface area contributed by atoms with E-state index in [0.29, 0.717) is 23.5 Å². The van der Waals surface area contributed by atoms with Gasteiger partial charge in [0.2, 0.25) is 0 Å². The van der Waals surface area contributed by atoms with Gasteiger partial charge in [-0.1, -0.05) is 19.9 Å². The van der Waals surface area contributed by atoms with Gasteiger partial charge < -0.3 is 10.1 Å². The fourth-order valence-electron chi connectivity index (χ4n) is 2.65. The van der Waals surface area contributed by atoms with Crippen LogP contribution in [0.25, 0.3) is 11.0 Å². The SMILES string of the molecule is CC1(C)CC1Cn1c(=O)[nH]c2c(C(=O)O)cccc21. The number of carbonyl (C=O) groups is 1. The topological polar surface area (TPSA) is 75.1 Å². The fourth-order valence-corrected chi connectivity index (χ4v) is 2.65. The summed E-state index contributed by atoms with van der Waals surface area (Å²) in [5.74, 6) is -0.538. The summed E-state index contributed by atoms with van der Waals surface area (Å²) in [6.07, 6.45) is 1.10. The smallest absolute Gasteiger partial charge is 0.337 e. The summed E-state index contributed by atoms with van der Waals surface area (Å²) in [7, 11) is 0. The molecule has 1 aromatic carbocycles. The van der Waals surface area contributed by atoms with Crippen molar-refractivity contribution in [3.8, 4) is 0 Å². The van der Waals surface area contributed by atoms with Gasteiger partial charge in [-0.2, -0.15) is 0 Å². The lowest BCUT2D eigenvalue weighted by Crippen LogP contribution is -2.18. The lowest BCUT2D eigenvalue weighted by atomic mass is 10.1. The predicted octanol–water partition coefficient (Wildman–Crippen LogP) is 2.07. The number of benzene rings is 1.